The maximum Gasteiger partial charge on any atom is 0.247 e. The number of aryl methyl sites for hydroxylation is 1. The summed E-state index contributed by atoms with van der Waals surface area (Å²) in [5.41, 5.74) is 2.02. The molecule has 206 valence electrons. The third-order valence-corrected chi connectivity index (χ3v) is 7.07. The zero-order valence-corrected chi connectivity index (χ0v) is 24.3. The van der Waals surface area contributed by atoms with Crippen LogP contribution < -0.4 is 25.2 Å². The van der Waals surface area contributed by atoms with E-state index in [-0.39, 0.29) is 5.91 Å². The third kappa shape index (κ3) is 6.13. The molecule has 12 heteroatoms. The third-order valence-electron chi connectivity index (χ3n) is 6.05. The molecular weight excluding hydrogens is 514 g/mol. The number of carbonyl (C=O) groups excluding carboxylic acids is 1. The Labute approximate surface area is 232 Å². The smallest absolute Gasteiger partial charge is 0.247 e. The molecule has 0 radical (unpaired) electrons. The van der Waals surface area contributed by atoms with Crippen molar-refractivity contribution in [3.05, 3.63) is 48.0 Å². The molecule has 39 heavy (non-hydrogen) atoms. The molecule has 0 aliphatic heterocycles. The predicted octanol–water partition coefficient (Wildman–Crippen LogP) is 4.13. The lowest BCUT2D eigenvalue weighted by molar-refractivity contribution is -0.111. The van der Waals surface area contributed by atoms with E-state index >= 15 is 0 Å². The summed E-state index contributed by atoms with van der Waals surface area (Å²) in [5.74, 6) is 2.14. The summed E-state index contributed by atoms with van der Waals surface area (Å²) >= 11 is 1.66. The number of methoxy groups -OCH3 is 1. The number of anilines is 5. The van der Waals surface area contributed by atoms with E-state index in [0.29, 0.717) is 28.9 Å². The molecule has 0 saturated heterocycles. The van der Waals surface area contributed by atoms with Gasteiger partial charge in [-0.05, 0) is 39.2 Å². The second kappa shape index (κ2) is 11.7. The first-order valence-electron chi connectivity index (χ1n) is 12.4. The highest BCUT2D eigenvalue weighted by Gasteiger charge is 2.19. The standard InChI is InChI=1S/C27H35N9O2S/c1-9-24(37)29-19-15-20(22(38-8)16-21(19)35(7)13-12-33(3)4)30-27-28-11-10-23(31-27)36-26-18(14-17(2)39-26)25(32-36)34(5)6/h9-11,14-16H,1,12-13H2,2-8H3,(H,29,37)(H,28,30,31). The molecule has 4 rings (SSSR count). The van der Waals surface area contributed by atoms with Crippen LogP contribution in [0.4, 0.5) is 28.8 Å². The molecule has 0 atom stereocenters. The Kier molecular flexibility index (Phi) is 8.36. The van der Waals surface area contributed by atoms with E-state index < -0.39 is 0 Å². The molecule has 0 fully saturated rings. The lowest BCUT2D eigenvalue weighted by Gasteiger charge is -2.26. The maximum absolute atomic E-state index is 12.3. The van der Waals surface area contributed by atoms with Gasteiger partial charge in [-0.2, -0.15) is 4.98 Å². The first kappa shape index (κ1) is 27.9. The lowest BCUT2D eigenvalue weighted by Crippen LogP contribution is -2.29. The molecule has 3 heterocycles. The van der Waals surface area contributed by atoms with Crippen molar-refractivity contribution < 1.29 is 9.53 Å². The highest BCUT2D eigenvalue weighted by molar-refractivity contribution is 7.18. The minimum Gasteiger partial charge on any atom is -0.494 e. The molecule has 2 N–H and O–H groups in total. The fraction of sp³-hybridized carbons (Fsp3) is 0.333. The van der Waals surface area contributed by atoms with Crippen LogP contribution in [0.3, 0.4) is 0 Å². The van der Waals surface area contributed by atoms with Gasteiger partial charge < -0.3 is 30.1 Å². The first-order valence-corrected chi connectivity index (χ1v) is 13.2. The number of hydrogen-bond donors (Lipinski definition) is 2. The Bertz CT molecular complexity index is 1490. The number of benzene rings is 1. The van der Waals surface area contributed by atoms with Gasteiger partial charge in [0.2, 0.25) is 11.9 Å². The summed E-state index contributed by atoms with van der Waals surface area (Å²) < 4.78 is 7.55. The van der Waals surface area contributed by atoms with Gasteiger partial charge in [-0.3, -0.25) is 4.79 Å². The van der Waals surface area contributed by atoms with Crippen LogP contribution in [0.1, 0.15) is 4.88 Å². The molecular formula is C27H35N9O2S. The SMILES string of the molecule is C=CC(=O)Nc1cc(Nc2nccc(-n3nc(N(C)C)c4cc(C)sc43)n2)c(OC)cc1N(C)CCN(C)C. The van der Waals surface area contributed by atoms with Crippen LogP contribution in [-0.4, -0.2) is 86.0 Å². The van der Waals surface area contributed by atoms with Gasteiger partial charge in [-0.25, -0.2) is 9.67 Å². The molecule has 1 amide bonds. The van der Waals surface area contributed by atoms with Crippen LogP contribution in [0.2, 0.25) is 0 Å². The van der Waals surface area contributed by atoms with E-state index in [2.05, 4.69) is 45.0 Å². The Morgan fingerprint density at radius 3 is 2.59 bits per heavy atom. The van der Waals surface area contributed by atoms with Gasteiger partial charge in [0.05, 0.1) is 29.6 Å². The monoisotopic (exact) mass is 549 g/mol. The van der Waals surface area contributed by atoms with Crippen LogP contribution in [0.25, 0.3) is 16.0 Å². The predicted molar refractivity (Wildman–Crippen MR) is 161 cm³/mol. The molecule has 0 aliphatic rings. The molecule has 11 nitrogen and oxygen atoms in total. The number of rotatable bonds is 11. The largest absolute Gasteiger partial charge is 0.494 e. The lowest BCUT2D eigenvalue weighted by atomic mass is 10.2. The maximum atomic E-state index is 12.3. The van der Waals surface area contributed by atoms with Gasteiger partial charge in [0, 0.05) is 57.4 Å². The van der Waals surface area contributed by atoms with Crippen molar-refractivity contribution >= 4 is 56.3 Å². The van der Waals surface area contributed by atoms with Crippen molar-refractivity contribution in [2.24, 2.45) is 0 Å². The molecule has 1 aromatic carbocycles. The van der Waals surface area contributed by atoms with Crippen LogP contribution in [0.5, 0.6) is 5.75 Å². The minimum absolute atomic E-state index is 0.308. The molecule has 0 bridgehead atoms. The molecule has 0 saturated carbocycles. The zero-order chi connectivity index (χ0) is 28.3. The van der Waals surface area contributed by atoms with E-state index in [1.54, 1.807) is 24.6 Å². The van der Waals surface area contributed by atoms with Crippen LogP contribution in [-0.2, 0) is 4.79 Å². The van der Waals surface area contributed by atoms with E-state index in [0.717, 1.165) is 34.8 Å². The second-order valence-electron chi connectivity index (χ2n) is 9.56. The number of nitrogens with one attached hydrogen (secondary N) is 2. The molecule has 4 aromatic rings. The number of likely N-dealkylation sites (N-methyl/N-ethyl adjacent to an activating group) is 2. The van der Waals surface area contributed by atoms with Gasteiger partial charge >= 0.3 is 0 Å². The van der Waals surface area contributed by atoms with E-state index in [4.69, 9.17) is 14.8 Å². The van der Waals surface area contributed by atoms with Crippen molar-refractivity contribution in [3.8, 4) is 11.6 Å². The van der Waals surface area contributed by atoms with E-state index in [1.165, 1.54) is 11.0 Å². The van der Waals surface area contributed by atoms with E-state index in [1.807, 2.05) is 63.0 Å². The zero-order valence-electron chi connectivity index (χ0n) is 23.4. The fourth-order valence-corrected chi connectivity index (χ4v) is 5.02. The van der Waals surface area contributed by atoms with Crippen LogP contribution >= 0.6 is 11.3 Å². The summed E-state index contributed by atoms with van der Waals surface area (Å²) in [6.07, 6.45) is 2.93. The van der Waals surface area contributed by atoms with Crippen LogP contribution in [0, 0.1) is 6.92 Å². The topological polar surface area (TPSA) is 104 Å². The average Bonchev–Trinajstić information content (AvgIpc) is 3.44. The van der Waals surface area contributed by atoms with Crippen LogP contribution in [0.15, 0.2) is 43.1 Å². The number of thiophene rings is 1. The molecule has 0 unspecified atom stereocenters. The number of nitrogens with zero attached hydrogens (tertiary/aromatic N) is 7. The number of hydrogen-bond acceptors (Lipinski definition) is 10. The van der Waals surface area contributed by atoms with Crippen molar-refractivity contribution in [1.29, 1.82) is 0 Å². The normalized spacial score (nSPS) is 11.1. The van der Waals surface area contributed by atoms with Crippen molar-refractivity contribution in [1.82, 2.24) is 24.6 Å². The number of aromatic nitrogens is 4. The quantitative estimate of drug-likeness (QED) is 0.267. The van der Waals surface area contributed by atoms with Gasteiger partial charge in [0.15, 0.2) is 11.6 Å². The summed E-state index contributed by atoms with van der Waals surface area (Å²) in [5, 5.41) is 12.1. The number of ether oxygens (including phenoxy) is 1. The van der Waals surface area contributed by atoms with Gasteiger partial charge in [0.1, 0.15) is 10.6 Å². The summed E-state index contributed by atoms with van der Waals surface area (Å²) in [6.45, 7) is 7.26. The summed E-state index contributed by atoms with van der Waals surface area (Å²) in [7, 11) is 11.6. The Hall–Kier alpha value is -4.16. The fourth-order valence-electron chi connectivity index (χ4n) is 4.05. The first-order chi connectivity index (χ1) is 18.6. The summed E-state index contributed by atoms with van der Waals surface area (Å²) in [4.78, 5) is 29.8. The Morgan fingerprint density at radius 2 is 1.92 bits per heavy atom. The van der Waals surface area contributed by atoms with E-state index in [9.17, 15) is 4.79 Å². The van der Waals surface area contributed by atoms with Crippen molar-refractivity contribution in [2.45, 2.75) is 6.92 Å². The van der Waals surface area contributed by atoms with Crippen molar-refractivity contribution in [2.75, 3.05) is 75.9 Å². The molecule has 3 aromatic heterocycles. The summed E-state index contributed by atoms with van der Waals surface area (Å²) in [6, 6.07) is 7.66. The highest BCUT2D eigenvalue weighted by Crippen LogP contribution is 2.38. The van der Waals surface area contributed by atoms with Gasteiger partial charge in [-0.15, -0.1) is 16.4 Å². The highest BCUT2D eigenvalue weighted by atomic mass is 32.1. The molecule has 0 spiro atoms. The second-order valence-corrected chi connectivity index (χ2v) is 10.8. The molecule has 0 aliphatic carbocycles. The van der Waals surface area contributed by atoms with Gasteiger partial charge in [-0.1, -0.05) is 6.58 Å². The van der Waals surface area contributed by atoms with Crippen molar-refractivity contribution in [3.63, 3.8) is 0 Å². The Balaban J connectivity index is 1.72. The number of carbonyl (C=O) groups is 1. The number of fused-ring (bicyclic) bond motifs is 1. The van der Waals surface area contributed by atoms with Gasteiger partial charge in [0.25, 0.3) is 0 Å². The Morgan fingerprint density at radius 1 is 1.15 bits per heavy atom. The average molecular weight is 550 g/mol. The minimum atomic E-state index is -0.308. The number of amides is 1.